The number of carbonyl (C=O) groups is 1. The zero-order chi connectivity index (χ0) is 9.31. The smallest absolute Gasteiger partial charge is 0.345 e. The van der Waals surface area contributed by atoms with Gasteiger partial charge in [-0.15, -0.1) is 0 Å². The molecule has 1 aliphatic heterocycles. The van der Waals surface area contributed by atoms with Gasteiger partial charge in [0.1, 0.15) is 0 Å². The maximum absolute atomic E-state index is 11.3. The summed E-state index contributed by atoms with van der Waals surface area (Å²) in [7, 11) is 1.37. The lowest BCUT2D eigenvalue weighted by Crippen LogP contribution is -2.23. The zero-order valence-corrected chi connectivity index (χ0v) is 7.32. The van der Waals surface area contributed by atoms with Crippen molar-refractivity contribution in [3.05, 3.63) is 35.9 Å². The molecule has 1 aromatic rings. The maximum Gasteiger partial charge on any atom is 0.345 e. The third-order valence-corrected chi connectivity index (χ3v) is 2.19. The van der Waals surface area contributed by atoms with Crippen molar-refractivity contribution in [1.29, 1.82) is 0 Å². The van der Waals surface area contributed by atoms with Crippen molar-refractivity contribution in [3.8, 4) is 0 Å². The number of epoxide rings is 1. The molecule has 2 rings (SSSR count). The normalized spacial score (nSPS) is 25.3. The van der Waals surface area contributed by atoms with Crippen LogP contribution in [0.1, 0.15) is 5.56 Å². The SMILES string of the molecule is COC(=O)[C@@]1(c2ccccc2)CO1. The average Bonchev–Trinajstić information content (AvgIpc) is 2.99. The Morgan fingerprint density at radius 1 is 1.46 bits per heavy atom. The predicted octanol–water partition coefficient (Wildman–Crippen LogP) is 1.09. The van der Waals surface area contributed by atoms with Crippen molar-refractivity contribution in [2.75, 3.05) is 13.7 Å². The standard InChI is InChI=1S/C10H10O3/c1-12-9(11)10(7-13-10)8-5-3-2-4-6-8/h2-6H,7H2,1H3/t10-/m0/s1. The number of esters is 1. The van der Waals surface area contributed by atoms with Gasteiger partial charge in [-0.1, -0.05) is 30.3 Å². The summed E-state index contributed by atoms with van der Waals surface area (Å²) in [6, 6.07) is 9.38. The molecule has 1 aliphatic rings. The van der Waals surface area contributed by atoms with Gasteiger partial charge >= 0.3 is 5.97 Å². The summed E-state index contributed by atoms with van der Waals surface area (Å²) in [4.78, 5) is 11.3. The number of carbonyl (C=O) groups excluding carboxylic acids is 1. The lowest BCUT2D eigenvalue weighted by molar-refractivity contribution is -0.147. The Morgan fingerprint density at radius 2 is 2.08 bits per heavy atom. The number of hydrogen-bond acceptors (Lipinski definition) is 3. The van der Waals surface area contributed by atoms with E-state index in [4.69, 9.17) is 4.74 Å². The largest absolute Gasteiger partial charge is 0.467 e. The Morgan fingerprint density at radius 3 is 2.54 bits per heavy atom. The molecule has 13 heavy (non-hydrogen) atoms. The molecule has 68 valence electrons. The van der Waals surface area contributed by atoms with Crippen LogP contribution in [0.3, 0.4) is 0 Å². The Bertz CT molecular complexity index is 314. The van der Waals surface area contributed by atoms with E-state index < -0.39 is 5.60 Å². The van der Waals surface area contributed by atoms with E-state index in [-0.39, 0.29) is 5.97 Å². The molecular formula is C10H10O3. The van der Waals surface area contributed by atoms with E-state index in [1.54, 1.807) is 0 Å². The van der Waals surface area contributed by atoms with Crippen LogP contribution in [0.4, 0.5) is 0 Å². The van der Waals surface area contributed by atoms with E-state index in [2.05, 4.69) is 4.74 Å². The highest BCUT2D eigenvalue weighted by Gasteiger charge is 2.55. The Hall–Kier alpha value is -1.35. The van der Waals surface area contributed by atoms with Crippen LogP contribution >= 0.6 is 0 Å². The van der Waals surface area contributed by atoms with Crippen LogP contribution in [-0.4, -0.2) is 19.7 Å². The van der Waals surface area contributed by atoms with Crippen LogP contribution in [-0.2, 0) is 19.9 Å². The fourth-order valence-corrected chi connectivity index (χ4v) is 1.35. The van der Waals surface area contributed by atoms with Crippen molar-refractivity contribution < 1.29 is 14.3 Å². The third-order valence-electron chi connectivity index (χ3n) is 2.19. The molecule has 1 aromatic carbocycles. The van der Waals surface area contributed by atoms with Crippen LogP contribution < -0.4 is 0 Å². The summed E-state index contributed by atoms with van der Waals surface area (Å²) in [6.45, 7) is 0.420. The van der Waals surface area contributed by atoms with Gasteiger partial charge in [0, 0.05) is 0 Å². The van der Waals surface area contributed by atoms with Gasteiger partial charge < -0.3 is 9.47 Å². The molecular weight excluding hydrogens is 168 g/mol. The minimum absolute atomic E-state index is 0.321. The monoisotopic (exact) mass is 178 g/mol. The van der Waals surface area contributed by atoms with E-state index in [0.717, 1.165) is 5.56 Å². The highest BCUT2D eigenvalue weighted by molar-refractivity contribution is 5.84. The van der Waals surface area contributed by atoms with E-state index in [1.165, 1.54) is 7.11 Å². The number of hydrogen-bond donors (Lipinski definition) is 0. The Kier molecular flexibility index (Phi) is 1.81. The van der Waals surface area contributed by atoms with E-state index >= 15 is 0 Å². The van der Waals surface area contributed by atoms with Crippen LogP contribution in [0.25, 0.3) is 0 Å². The molecule has 1 heterocycles. The molecule has 0 unspecified atom stereocenters. The molecule has 1 fully saturated rings. The molecule has 1 saturated heterocycles. The summed E-state index contributed by atoms with van der Waals surface area (Å²) in [5.74, 6) is -0.321. The van der Waals surface area contributed by atoms with Gasteiger partial charge in [0.2, 0.25) is 5.60 Å². The lowest BCUT2D eigenvalue weighted by Gasteiger charge is -2.08. The fourth-order valence-electron chi connectivity index (χ4n) is 1.35. The molecule has 0 amide bonds. The highest BCUT2D eigenvalue weighted by atomic mass is 16.6. The predicted molar refractivity (Wildman–Crippen MR) is 46.1 cm³/mol. The molecule has 0 aromatic heterocycles. The molecule has 1 atom stereocenters. The highest BCUT2D eigenvalue weighted by Crippen LogP contribution is 2.39. The van der Waals surface area contributed by atoms with Gasteiger partial charge in [0.05, 0.1) is 13.7 Å². The molecule has 0 aliphatic carbocycles. The van der Waals surface area contributed by atoms with Gasteiger partial charge in [0.15, 0.2) is 0 Å². The Balaban J connectivity index is 2.31. The Labute approximate surface area is 76.3 Å². The quantitative estimate of drug-likeness (QED) is 0.502. The summed E-state index contributed by atoms with van der Waals surface area (Å²) >= 11 is 0. The summed E-state index contributed by atoms with van der Waals surface area (Å²) < 4.78 is 9.83. The van der Waals surface area contributed by atoms with Gasteiger partial charge in [-0.05, 0) is 5.56 Å². The molecule has 0 bridgehead atoms. The first-order chi connectivity index (χ1) is 6.29. The number of methoxy groups -OCH3 is 1. The summed E-state index contributed by atoms with van der Waals surface area (Å²) in [5.41, 5.74) is 0.0533. The summed E-state index contributed by atoms with van der Waals surface area (Å²) in [6.07, 6.45) is 0. The minimum Gasteiger partial charge on any atom is -0.467 e. The minimum atomic E-state index is -0.810. The zero-order valence-electron chi connectivity index (χ0n) is 7.32. The van der Waals surface area contributed by atoms with E-state index in [9.17, 15) is 4.79 Å². The average molecular weight is 178 g/mol. The van der Waals surface area contributed by atoms with Crippen LogP contribution in [0.5, 0.6) is 0 Å². The van der Waals surface area contributed by atoms with Crippen molar-refractivity contribution >= 4 is 5.97 Å². The first-order valence-corrected chi connectivity index (χ1v) is 4.07. The fraction of sp³-hybridized carbons (Fsp3) is 0.300. The second-order valence-corrected chi connectivity index (χ2v) is 2.97. The number of ether oxygens (including phenoxy) is 2. The van der Waals surface area contributed by atoms with Crippen molar-refractivity contribution in [3.63, 3.8) is 0 Å². The van der Waals surface area contributed by atoms with Crippen LogP contribution in [0.15, 0.2) is 30.3 Å². The van der Waals surface area contributed by atoms with Crippen LogP contribution in [0.2, 0.25) is 0 Å². The lowest BCUT2D eigenvalue weighted by atomic mass is 10.0. The van der Waals surface area contributed by atoms with Gasteiger partial charge in [-0.2, -0.15) is 0 Å². The number of rotatable bonds is 2. The second kappa shape index (κ2) is 2.85. The molecule has 0 saturated carbocycles. The molecule has 3 nitrogen and oxygen atoms in total. The van der Waals surface area contributed by atoms with Crippen LogP contribution in [0, 0.1) is 0 Å². The topological polar surface area (TPSA) is 38.8 Å². The van der Waals surface area contributed by atoms with Crippen molar-refractivity contribution in [1.82, 2.24) is 0 Å². The number of benzene rings is 1. The third kappa shape index (κ3) is 1.21. The van der Waals surface area contributed by atoms with Crippen molar-refractivity contribution in [2.24, 2.45) is 0 Å². The van der Waals surface area contributed by atoms with Crippen molar-refractivity contribution in [2.45, 2.75) is 5.60 Å². The second-order valence-electron chi connectivity index (χ2n) is 2.97. The molecule has 3 heteroatoms. The van der Waals surface area contributed by atoms with Gasteiger partial charge in [-0.25, -0.2) is 4.79 Å². The van der Waals surface area contributed by atoms with E-state index in [0.29, 0.717) is 6.61 Å². The van der Waals surface area contributed by atoms with Gasteiger partial charge in [0.25, 0.3) is 0 Å². The first-order valence-electron chi connectivity index (χ1n) is 4.07. The molecule has 0 spiro atoms. The van der Waals surface area contributed by atoms with E-state index in [1.807, 2.05) is 30.3 Å². The van der Waals surface area contributed by atoms with Gasteiger partial charge in [-0.3, -0.25) is 0 Å². The first kappa shape index (κ1) is 8.26. The maximum atomic E-state index is 11.3. The summed E-state index contributed by atoms with van der Waals surface area (Å²) in [5, 5.41) is 0. The molecule has 0 radical (unpaired) electrons. The molecule has 0 N–H and O–H groups in total.